The molecule has 0 saturated carbocycles. The molecule has 0 aliphatic heterocycles. The number of rotatable bonds is 5. The summed E-state index contributed by atoms with van der Waals surface area (Å²) in [6, 6.07) is 13.5. The van der Waals surface area contributed by atoms with E-state index in [9.17, 15) is 9.59 Å². The minimum Gasteiger partial charge on any atom is -0.325 e. The van der Waals surface area contributed by atoms with Crippen LogP contribution in [-0.2, 0) is 17.6 Å². The first-order valence-electron chi connectivity index (χ1n) is 11.2. The predicted octanol–water partition coefficient (Wildman–Crippen LogP) is 6.44. The van der Waals surface area contributed by atoms with Crippen LogP contribution in [0.2, 0.25) is 0 Å². The zero-order chi connectivity index (χ0) is 23.8. The maximum Gasteiger partial charge on any atom is 0.267 e. The van der Waals surface area contributed by atoms with Gasteiger partial charge in [0.25, 0.3) is 5.56 Å². The van der Waals surface area contributed by atoms with Gasteiger partial charge in [-0.25, -0.2) is 4.98 Å². The lowest BCUT2D eigenvalue weighted by Crippen LogP contribution is -2.23. The predicted molar refractivity (Wildman–Crippen MR) is 145 cm³/mol. The van der Waals surface area contributed by atoms with Gasteiger partial charge in [0.1, 0.15) is 4.83 Å². The van der Waals surface area contributed by atoms with Gasteiger partial charge in [0.05, 0.1) is 16.8 Å². The van der Waals surface area contributed by atoms with Crippen LogP contribution < -0.4 is 10.9 Å². The summed E-state index contributed by atoms with van der Waals surface area (Å²) >= 11 is 6.42. The lowest BCUT2D eigenvalue weighted by atomic mass is 9.97. The smallest absolute Gasteiger partial charge is 0.267 e. The molecule has 0 unspecified atom stereocenters. The Morgan fingerprint density at radius 1 is 1.15 bits per heavy atom. The number of thioether (sulfide) groups is 1. The lowest BCUT2D eigenvalue weighted by molar-refractivity contribution is -0.113. The Bertz CT molecular complexity index is 1440. The number of nitrogens with zero attached hydrogens (tertiary/aromatic N) is 2. The normalized spacial score (nSPS) is 13.1. The summed E-state index contributed by atoms with van der Waals surface area (Å²) in [7, 11) is 0. The second-order valence-corrected chi connectivity index (χ2v) is 11.5. The lowest BCUT2D eigenvalue weighted by Gasteiger charge is -2.14. The first kappa shape index (κ1) is 23.3. The number of aromatic nitrogens is 2. The van der Waals surface area contributed by atoms with Gasteiger partial charge in [0, 0.05) is 15.0 Å². The van der Waals surface area contributed by atoms with E-state index in [1.54, 1.807) is 15.9 Å². The minimum absolute atomic E-state index is 0.0434. The fourth-order valence-electron chi connectivity index (χ4n) is 4.50. The van der Waals surface area contributed by atoms with Crippen LogP contribution in [0.3, 0.4) is 0 Å². The third-order valence-electron chi connectivity index (χ3n) is 6.07. The summed E-state index contributed by atoms with van der Waals surface area (Å²) in [4.78, 5) is 33.6. The van der Waals surface area contributed by atoms with Crippen molar-refractivity contribution in [3.05, 3.63) is 78.9 Å². The molecular weight excluding hydrogens is 530 g/mol. The number of para-hydroxylation sites is 1. The Hall–Kier alpha value is -2.42. The second-order valence-electron chi connectivity index (χ2n) is 8.51. The zero-order valence-corrected chi connectivity index (χ0v) is 22.2. The van der Waals surface area contributed by atoms with Crippen LogP contribution in [0.15, 0.2) is 56.9 Å². The second kappa shape index (κ2) is 9.68. The summed E-state index contributed by atoms with van der Waals surface area (Å²) in [6.45, 7) is 3.95. The number of amides is 1. The summed E-state index contributed by atoms with van der Waals surface area (Å²) < 4.78 is 2.65. The maximum absolute atomic E-state index is 13.8. The van der Waals surface area contributed by atoms with Crippen LogP contribution in [-0.4, -0.2) is 21.2 Å². The molecular formula is C26H24BrN3O2S2. The molecule has 2 heterocycles. The number of carbonyl (C=O) groups excluding carboxylic acids is 1. The highest BCUT2D eigenvalue weighted by atomic mass is 79.9. The Balaban J connectivity index is 1.50. The van der Waals surface area contributed by atoms with E-state index in [1.807, 2.05) is 56.3 Å². The molecule has 4 aromatic rings. The molecule has 8 heteroatoms. The van der Waals surface area contributed by atoms with E-state index in [0.717, 1.165) is 62.9 Å². The van der Waals surface area contributed by atoms with E-state index in [0.29, 0.717) is 5.16 Å². The number of nitrogens with one attached hydrogen (secondary N) is 1. The Kier molecular flexibility index (Phi) is 6.64. The average Bonchev–Trinajstić information content (AvgIpc) is 3.19. The van der Waals surface area contributed by atoms with Crippen molar-refractivity contribution in [2.75, 3.05) is 11.1 Å². The molecule has 1 aliphatic carbocycles. The van der Waals surface area contributed by atoms with Crippen LogP contribution in [0.5, 0.6) is 0 Å². The third kappa shape index (κ3) is 4.46. The van der Waals surface area contributed by atoms with Gasteiger partial charge in [0.2, 0.25) is 5.91 Å². The maximum atomic E-state index is 13.8. The molecule has 34 heavy (non-hydrogen) atoms. The number of thiophene rings is 1. The quantitative estimate of drug-likeness (QED) is 0.228. The van der Waals surface area contributed by atoms with E-state index >= 15 is 0 Å². The summed E-state index contributed by atoms with van der Waals surface area (Å²) in [5, 5.41) is 4.33. The van der Waals surface area contributed by atoms with Crippen LogP contribution in [0.1, 0.15) is 34.4 Å². The topological polar surface area (TPSA) is 64.0 Å². The van der Waals surface area contributed by atoms with Crippen molar-refractivity contribution >= 4 is 60.8 Å². The van der Waals surface area contributed by atoms with Gasteiger partial charge >= 0.3 is 0 Å². The summed E-state index contributed by atoms with van der Waals surface area (Å²) in [5.74, 6) is 0.0307. The zero-order valence-electron chi connectivity index (χ0n) is 19.0. The van der Waals surface area contributed by atoms with Crippen LogP contribution in [0, 0.1) is 13.8 Å². The van der Waals surface area contributed by atoms with Crippen molar-refractivity contribution in [1.29, 1.82) is 0 Å². The number of aryl methyl sites for hydroxylation is 4. The van der Waals surface area contributed by atoms with Crippen molar-refractivity contribution in [2.24, 2.45) is 0 Å². The molecule has 0 fully saturated rings. The van der Waals surface area contributed by atoms with E-state index in [2.05, 4.69) is 21.2 Å². The molecule has 1 N–H and O–H groups in total. The van der Waals surface area contributed by atoms with Gasteiger partial charge in [-0.15, -0.1) is 11.3 Å². The summed E-state index contributed by atoms with van der Waals surface area (Å²) in [6.07, 6.45) is 4.21. The Morgan fingerprint density at radius 2 is 1.85 bits per heavy atom. The van der Waals surface area contributed by atoms with Gasteiger partial charge in [-0.3, -0.25) is 14.2 Å². The minimum atomic E-state index is -0.127. The summed E-state index contributed by atoms with van der Waals surface area (Å²) in [5.41, 5.74) is 4.70. The fraction of sp³-hybridized carbons (Fsp3) is 0.269. The van der Waals surface area contributed by atoms with E-state index in [4.69, 9.17) is 4.98 Å². The first-order chi connectivity index (χ1) is 16.4. The number of hydrogen-bond acceptors (Lipinski definition) is 5. The molecule has 174 valence electrons. The molecule has 5 nitrogen and oxygen atoms in total. The average molecular weight is 555 g/mol. The van der Waals surface area contributed by atoms with E-state index < -0.39 is 0 Å². The van der Waals surface area contributed by atoms with Crippen molar-refractivity contribution < 1.29 is 4.79 Å². The Morgan fingerprint density at radius 3 is 2.59 bits per heavy atom. The van der Waals surface area contributed by atoms with Gasteiger partial charge in [-0.05, 0) is 80.5 Å². The van der Waals surface area contributed by atoms with Crippen LogP contribution in [0.4, 0.5) is 5.69 Å². The SMILES string of the molecule is Cc1cc(Br)cc(C)c1NC(=O)CSc1nc2sc3c(c2c(=O)n1-c1ccccc1)CCCC3. The van der Waals surface area contributed by atoms with Crippen LogP contribution in [0.25, 0.3) is 15.9 Å². The molecule has 0 bridgehead atoms. The van der Waals surface area contributed by atoms with Crippen molar-refractivity contribution in [3.63, 3.8) is 0 Å². The molecule has 0 spiro atoms. The van der Waals surface area contributed by atoms with E-state index in [1.165, 1.54) is 22.2 Å². The molecule has 0 saturated heterocycles. The monoisotopic (exact) mass is 553 g/mol. The number of fused-ring (bicyclic) bond motifs is 3. The van der Waals surface area contributed by atoms with Gasteiger partial charge < -0.3 is 5.32 Å². The highest BCUT2D eigenvalue weighted by Crippen LogP contribution is 2.35. The van der Waals surface area contributed by atoms with Crippen molar-refractivity contribution in [3.8, 4) is 5.69 Å². The molecule has 5 rings (SSSR count). The standard InChI is InChI=1S/C26H24BrN3O2S2/c1-15-12-17(27)13-16(2)23(15)28-21(31)14-33-26-29-24-22(19-10-6-7-11-20(19)34-24)25(32)30(26)18-8-4-3-5-9-18/h3-5,8-9,12-13H,6-7,10-11,14H2,1-2H3,(H,28,31). The molecule has 0 atom stereocenters. The molecule has 1 aliphatic rings. The molecule has 2 aromatic heterocycles. The fourth-order valence-corrected chi connectivity index (χ4v) is 7.30. The van der Waals surface area contributed by atoms with Crippen LogP contribution >= 0.6 is 39.0 Å². The highest BCUT2D eigenvalue weighted by molar-refractivity contribution is 9.10. The molecule has 2 aromatic carbocycles. The van der Waals surface area contributed by atoms with Crippen molar-refractivity contribution in [2.45, 2.75) is 44.7 Å². The molecule has 0 radical (unpaired) electrons. The van der Waals surface area contributed by atoms with E-state index in [-0.39, 0.29) is 17.2 Å². The van der Waals surface area contributed by atoms with Gasteiger partial charge in [0.15, 0.2) is 5.16 Å². The number of halogens is 1. The van der Waals surface area contributed by atoms with Gasteiger partial charge in [-0.2, -0.15) is 0 Å². The molecule has 1 amide bonds. The number of carbonyl (C=O) groups is 1. The number of benzene rings is 2. The number of hydrogen-bond donors (Lipinski definition) is 1. The van der Waals surface area contributed by atoms with Crippen molar-refractivity contribution in [1.82, 2.24) is 9.55 Å². The highest BCUT2D eigenvalue weighted by Gasteiger charge is 2.23. The largest absolute Gasteiger partial charge is 0.325 e. The third-order valence-corrected chi connectivity index (χ3v) is 8.65. The first-order valence-corrected chi connectivity index (χ1v) is 13.8. The van der Waals surface area contributed by atoms with Gasteiger partial charge in [-0.1, -0.05) is 45.9 Å². The number of anilines is 1. The Labute approximate surface area is 214 Å².